The molecule has 1 atom stereocenters. The number of carbonyl (C=O) groups is 1. The van der Waals surface area contributed by atoms with Crippen molar-refractivity contribution in [2.24, 2.45) is 10.4 Å². The van der Waals surface area contributed by atoms with Gasteiger partial charge in [-0.2, -0.15) is 10.3 Å². The van der Waals surface area contributed by atoms with Gasteiger partial charge >= 0.3 is 0 Å². The number of aliphatic imine (C=N–C) groups is 1. The first-order valence-electron chi connectivity index (χ1n) is 10.8. The number of hydrogen-bond acceptors (Lipinski definition) is 6. The Labute approximate surface area is 199 Å². The van der Waals surface area contributed by atoms with Gasteiger partial charge in [0.15, 0.2) is 11.5 Å². The molecule has 0 radical (unpaired) electrons. The lowest BCUT2D eigenvalue weighted by Crippen LogP contribution is -2.55. The van der Waals surface area contributed by atoms with Crippen molar-refractivity contribution in [3.8, 4) is 17.7 Å². The average molecular weight is 460 g/mol. The lowest BCUT2D eigenvalue weighted by atomic mass is 9.91. The fourth-order valence-electron chi connectivity index (χ4n) is 3.52. The zero-order valence-electron chi connectivity index (χ0n) is 20.0. The first-order valence-corrected chi connectivity index (χ1v) is 10.8. The molecule has 3 rings (SSSR count). The van der Waals surface area contributed by atoms with Gasteiger partial charge in [0.25, 0.3) is 0 Å². The number of nitrogens with one attached hydrogen (secondary N) is 2. The predicted octanol–water partition coefficient (Wildman–Crippen LogP) is 3.80. The number of carbonyl (C=O) groups excluding carboxylic acids is 1. The van der Waals surface area contributed by atoms with E-state index in [0.717, 1.165) is 22.0 Å². The minimum atomic E-state index is -0.501. The number of amidine groups is 1. The van der Waals surface area contributed by atoms with Gasteiger partial charge in [0.05, 0.1) is 26.2 Å². The summed E-state index contributed by atoms with van der Waals surface area (Å²) in [5, 5.41) is 16.5. The maximum absolute atomic E-state index is 13.0. The van der Waals surface area contributed by atoms with Gasteiger partial charge in [0, 0.05) is 22.6 Å². The number of nitriles is 1. The lowest BCUT2D eigenvalue weighted by molar-refractivity contribution is -0.122. The Bertz CT molecular complexity index is 1240. The third kappa shape index (κ3) is 5.81. The van der Waals surface area contributed by atoms with E-state index in [1.807, 2.05) is 63.4 Å². The summed E-state index contributed by atoms with van der Waals surface area (Å²) >= 11 is 0. The molecule has 1 unspecified atom stereocenters. The minimum Gasteiger partial charge on any atom is -0.493 e. The van der Waals surface area contributed by atoms with E-state index in [0.29, 0.717) is 17.3 Å². The number of nitrogens with zero attached hydrogens (tertiary/aromatic N) is 3. The van der Waals surface area contributed by atoms with Gasteiger partial charge in [0.1, 0.15) is 12.0 Å². The van der Waals surface area contributed by atoms with Crippen LogP contribution in [-0.2, 0) is 11.2 Å². The summed E-state index contributed by atoms with van der Waals surface area (Å²) in [6.07, 6.45) is 3.24. The van der Waals surface area contributed by atoms with Crippen molar-refractivity contribution in [3.63, 3.8) is 0 Å². The number of pyridine rings is 1. The van der Waals surface area contributed by atoms with Crippen LogP contribution in [0.1, 0.15) is 31.9 Å². The normalized spacial score (nSPS) is 12.5. The summed E-state index contributed by atoms with van der Waals surface area (Å²) in [5.41, 5.74) is 1.92. The first kappa shape index (κ1) is 24.5. The van der Waals surface area contributed by atoms with Crippen molar-refractivity contribution in [2.45, 2.75) is 33.4 Å². The molecule has 0 spiro atoms. The molecule has 0 saturated heterocycles. The summed E-state index contributed by atoms with van der Waals surface area (Å²) in [4.78, 5) is 21.4. The molecule has 0 fully saturated rings. The van der Waals surface area contributed by atoms with Crippen LogP contribution in [0.3, 0.4) is 0 Å². The van der Waals surface area contributed by atoms with E-state index >= 15 is 0 Å². The molecule has 0 saturated carbocycles. The first-order chi connectivity index (χ1) is 16.3. The van der Waals surface area contributed by atoms with Crippen LogP contribution in [0.15, 0.2) is 59.7 Å². The van der Waals surface area contributed by atoms with Crippen molar-refractivity contribution < 1.29 is 14.3 Å². The predicted molar refractivity (Wildman–Crippen MR) is 132 cm³/mol. The number of benzene rings is 2. The summed E-state index contributed by atoms with van der Waals surface area (Å²) < 4.78 is 10.6. The smallest absolute Gasteiger partial charge is 0.226 e. The molecule has 2 aromatic carbocycles. The van der Waals surface area contributed by atoms with Crippen molar-refractivity contribution in [1.82, 2.24) is 15.6 Å². The Kier molecular flexibility index (Phi) is 7.69. The van der Waals surface area contributed by atoms with E-state index in [1.54, 1.807) is 32.5 Å². The van der Waals surface area contributed by atoms with Crippen LogP contribution in [0, 0.1) is 16.9 Å². The van der Waals surface area contributed by atoms with Crippen LogP contribution in [-0.4, -0.2) is 37.1 Å². The number of aromatic nitrogens is 1. The lowest BCUT2D eigenvalue weighted by Gasteiger charge is -2.33. The van der Waals surface area contributed by atoms with E-state index in [1.165, 1.54) is 0 Å². The van der Waals surface area contributed by atoms with Crippen LogP contribution in [0.2, 0.25) is 0 Å². The summed E-state index contributed by atoms with van der Waals surface area (Å²) in [6.45, 7) is 5.99. The zero-order chi connectivity index (χ0) is 24.7. The largest absolute Gasteiger partial charge is 0.493 e. The average Bonchev–Trinajstić information content (AvgIpc) is 2.82. The molecular formula is C26H29N5O3. The monoisotopic (exact) mass is 459 g/mol. The maximum Gasteiger partial charge on any atom is 0.226 e. The highest BCUT2D eigenvalue weighted by Crippen LogP contribution is 2.28. The Balaban J connectivity index is 1.85. The molecule has 34 heavy (non-hydrogen) atoms. The number of rotatable bonds is 7. The number of fused-ring (bicyclic) bond motifs is 1. The molecule has 176 valence electrons. The molecule has 8 nitrogen and oxygen atoms in total. The van der Waals surface area contributed by atoms with E-state index in [-0.39, 0.29) is 17.7 Å². The van der Waals surface area contributed by atoms with Crippen LogP contribution in [0.4, 0.5) is 0 Å². The van der Waals surface area contributed by atoms with Crippen LogP contribution >= 0.6 is 0 Å². The molecular weight excluding hydrogens is 430 g/mol. The Morgan fingerprint density at radius 3 is 2.53 bits per heavy atom. The maximum atomic E-state index is 13.0. The molecule has 0 bridgehead atoms. The van der Waals surface area contributed by atoms with Crippen molar-refractivity contribution in [1.29, 1.82) is 5.26 Å². The van der Waals surface area contributed by atoms with E-state index in [2.05, 4.69) is 20.6 Å². The molecule has 2 N–H and O–H groups in total. The second kappa shape index (κ2) is 10.7. The Morgan fingerprint density at radius 2 is 1.85 bits per heavy atom. The SMILES string of the molecule is COc1ccc(CC(=O)NC(N/C(=N/C#N)c2cccc3ncccc23)C(C)(C)C)cc1OC. The summed E-state index contributed by atoms with van der Waals surface area (Å²) in [7, 11) is 3.12. The topological polar surface area (TPSA) is 109 Å². The minimum absolute atomic E-state index is 0.150. The number of hydrogen-bond donors (Lipinski definition) is 2. The molecule has 1 amide bonds. The molecule has 8 heteroatoms. The second-order valence-electron chi connectivity index (χ2n) is 8.81. The number of methoxy groups -OCH3 is 2. The van der Waals surface area contributed by atoms with E-state index in [4.69, 9.17) is 9.47 Å². The highest BCUT2D eigenvalue weighted by molar-refractivity contribution is 6.09. The molecule has 0 aliphatic heterocycles. The van der Waals surface area contributed by atoms with E-state index < -0.39 is 6.17 Å². The molecule has 0 aliphatic rings. The zero-order valence-corrected chi connectivity index (χ0v) is 20.0. The van der Waals surface area contributed by atoms with Crippen molar-refractivity contribution >= 4 is 22.6 Å². The third-order valence-corrected chi connectivity index (χ3v) is 5.33. The van der Waals surface area contributed by atoms with Gasteiger partial charge < -0.3 is 20.1 Å². The Morgan fingerprint density at radius 1 is 1.09 bits per heavy atom. The summed E-state index contributed by atoms with van der Waals surface area (Å²) in [5.74, 6) is 1.34. The van der Waals surface area contributed by atoms with E-state index in [9.17, 15) is 10.1 Å². The molecule has 3 aromatic rings. The van der Waals surface area contributed by atoms with Crippen LogP contribution in [0.5, 0.6) is 11.5 Å². The van der Waals surface area contributed by atoms with Gasteiger partial charge in [-0.3, -0.25) is 9.78 Å². The Hall–Kier alpha value is -4.12. The fraction of sp³-hybridized carbons (Fsp3) is 0.308. The molecule has 0 aliphatic carbocycles. The number of ether oxygens (including phenoxy) is 2. The van der Waals surface area contributed by atoms with Crippen LogP contribution < -0.4 is 20.1 Å². The van der Waals surface area contributed by atoms with Gasteiger partial charge in [-0.25, -0.2) is 0 Å². The summed E-state index contributed by atoms with van der Waals surface area (Å²) in [6, 6.07) is 14.8. The fourth-order valence-corrected chi connectivity index (χ4v) is 3.52. The van der Waals surface area contributed by atoms with Crippen LogP contribution in [0.25, 0.3) is 10.9 Å². The van der Waals surface area contributed by atoms with Gasteiger partial charge in [0.2, 0.25) is 12.1 Å². The molecule has 1 aromatic heterocycles. The molecule has 1 heterocycles. The quantitative estimate of drug-likeness (QED) is 0.241. The highest BCUT2D eigenvalue weighted by Gasteiger charge is 2.28. The standard InChI is InChI=1S/C26H29N5O3/c1-26(2,3)25(30-23(32)15-17-11-12-21(33-4)22(14-17)34-5)31-24(29-16-27)19-8-6-10-20-18(19)9-7-13-28-20/h6-14,25H,15H2,1-5H3,(H,29,31)(H,30,32). The van der Waals surface area contributed by atoms with Crippen molar-refractivity contribution in [3.05, 3.63) is 65.9 Å². The second-order valence-corrected chi connectivity index (χ2v) is 8.81. The highest BCUT2D eigenvalue weighted by atomic mass is 16.5. The number of amides is 1. The van der Waals surface area contributed by atoms with Crippen molar-refractivity contribution in [2.75, 3.05) is 14.2 Å². The van der Waals surface area contributed by atoms with Gasteiger partial charge in [-0.1, -0.05) is 45.0 Å². The van der Waals surface area contributed by atoms with Gasteiger partial charge in [-0.05, 0) is 29.8 Å². The van der Waals surface area contributed by atoms with Gasteiger partial charge in [-0.15, -0.1) is 0 Å². The third-order valence-electron chi connectivity index (χ3n) is 5.33.